The maximum absolute atomic E-state index is 13.0. The number of hydrogen-bond acceptors (Lipinski definition) is 5. The molecular formula is C15H20FN3OS. The molecule has 0 amide bonds. The van der Waals surface area contributed by atoms with Gasteiger partial charge in [0.25, 0.3) is 0 Å². The van der Waals surface area contributed by atoms with Crippen LogP contribution in [0.4, 0.5) is 15.2 Å². The van der Waals surface area contributed by atoms with Crippen LogP contribution in [-0.4, -0.2) is 25.7 Å². The Morgan fingerprint density at radius 2 is 2.05 bits per heavy atom. The number of nitrogens with zero attached hydrogens (tertiary/aromatic N) is 2. The van der Waals surface area contributed by atoms with E-state index < -0.39 is 0 Å². The summed E-state index contributed by atoms with van der Waals surface area (Å²) in [6.45, 7) is 4.26. The summed E-state index contributed by atoms with van der Waals surface area (Å²) in [6.07, 6.45) is 0. The van der Waals surface area contributed by atoms with Crippen LogP contribution in [-0.2, 0) is 17.9 Å². The largest absolute Gasteiger partial charge is 0.378 e. The second kappa shape index (κ2) is 7.49. The molecule has 21 heavy (non-hydrogen) atoms. The predicted octanol–water partition coefficient (Wildman–Crippen LogP) is 3.31. The van der Waals surface area contributed by atoms with Crippen LogP contribution in [0.15, 0.2) is 24.3 Å². The molecule has 0 fully saturated rings. The van der Waals surface area contributed by atoms with Gasteiger partial charge in [0.15, 0.2) is 5.13 Å². The normalized spacial score (nSPS) is 10.9. The summed E-state index contributed by atoms with van der Waals surface area (Å²) in [7, 11) is 3.60. The highest BCUT2D eigenvalue weighted by Crippen LogP contribution is 2.31. The first-order chi connectivity index (χ1) is 10.2. The Balaban J connectivity index is 2.23. The maximum Gasteiger partial charge on any atom is 0.190 e. The van der Waals surface area contributed by atoms with E-state index in [1.54, 1.807) is 30.6 Å². The third-order valence-electron chi connectivity index (χ3n) is 3.08. The molecule has 1 aromatic heterocycles. The molecule has 1 heterocycles. The minimum Gasteiger partial charge on any atom is -0.378 e. The summed E-state index contributed by atoms with van der Waals surface area (Å²) in [5, 5.41) is 4.19. The van der Waals surface area contributed by atoms with Gasteiger partial charge in [0, 0.05) is 31.3 Å². The fraction of sp³-hybridized carbons (Fsp3) is 0.400. The summed E-state index contributed by atoms with van der Waals surface area (Å²) in [5.41, 5.74) is 1.86. The van der Waals surface area contributed by atoms with Crippen LogP contribution >= 0.6 is 11.3 Å². The predicted molar refractivity (Wildman–Crippen MR) is 84.7 cm³/mol. The van der Waals surface area contributed by atoms with E-state index in [0.29, 0.717) is 6.61 Å². The number of thiazole rings is 1. The van der Waals surface area contributed by atoms with E-state index in [0.717, 1.165) is 29.6 Å². The standard InChI is InChI=1S/C15H20FN3OS/c1-4-17-9-14-13(10-20-3)18-15(21-14)19(2)12-7-5-11(16)6-8-12/h5-8,17H,4,9-10H2,1-3H3. The molecule has 0 aliphatic rings. The first-order valence-corrected chi connectivity index (χ1v) is 7.64. The van der Waals surface area contributed by atoms with Gasteiger partial charge in [-0.05, 0) is 30.8 Å². The maximum atomic E-state index is 13.0. The van der Waals surface area contributed by atoms with Gasteiger partial charge in [-0.15, -0.1) is 0 Å². The molecule has 0 saturated carbocycles. The molecular weight excluding hydrogens is 289 g/mol. The van der Waals surface area contributed by atoms with Crippen molar-refractivity contribution in [3.05, 3.63) is 40.7 Å². The number of rotatable bonds is 7. The molecule has 0 saturated heterocycles. The van der Waals surface area contributed by atoms with E-state index in [4.69, 9.17) is 4.74 Å². The van der Waals surface area contributed by atoms with Crippen LogP contribution in [0.25, 0.3) is 0 Å². The first kappa shape index (κ1) is 15.9. The number of hydrogen-bond donors (Lipinski definition) is 1. The highest BCUT2D eigenvalue weighted by atomic mass is 32.1. The van der Waals surface area contributed by atoms with Gasteiger partial charge in [0.05, 0.1) is 12.3 Å². The molecule has 0 aliphatic carbocycles. The van der Waals surface area contributed by atoms with Crippen LogP contribution in [0.3, 0.4) is 0 Å². The van der Waals surface area contributed by atoms with Crippen molar-refractivity contribution in [2.45, 2.75) is 20.1 Å². The minimum atomic E-state index is -0.237. The smallest absolute Gasteiger partial charge is 0.190 e. The molecule has 2 rings (SSSR count). The van der Waals surface area contributed by atoms with E-state index in [2.05, 4.69) is 17.2 Å². The molecule has 0 unspecified atom stereocenters. The first-order valence-electron chi connectivity index (χ1n) is 6.83. The van der Waals surface area contributed by atoms with Crippen molar-refractivity contribution >= 4 is 22.2 Å². The van der Waals surface area contributed by atoms with E-state index in [9.17, 15) is 4.39 Å². The molecule has 1 N–H and O–H groups in total. The van der Waals surface area contributed by atoms with Crippen molar-refractivity contribution in [2.75, 3.05) is 25.6 Å². The second-order valence-corrected chi connectivity index (χ2v) is 5.68. The van der Waals surface area contributed by atoms with Gasteiger partial charge in [-0.3, -0.25) is 0 Å². The molecule has 0 radical (unpaired) electrons. The van der Waals surface area contributed by atoms with Crippen LogP contribution < -0.4 is 10.2 Å². The Morgan fingerprint density at radius 3 is 2.67 bits per heavy atom. The van der Waals surface area contributed by atoms with Crippen molar-refractivity contribution in [1.82, 2.24) is 10.3 Å². The van der Waals surface area contributed by atoms with Crippen molar-refractivity contribution in [2.24, 2.45) is 0 Å². The zero-order valence-electron chi connectivity index (χ0n) is 12.5. The lowest BCUT2D eigenvalue weighted by molar-refractivity contribution is 0.181. The Labute approximate surface area is 128 Å². The van der Waals surface area contributed by atoms with Gasteiger partial charge in [-0.1, -0.05) is 18.3 Å². The van der Waals surface area contributed by atoms with Crippen molar-refractivity contribution in [3.63, 3.8) is 0 Å². The fourth-order valence-corrected chi connectivity index (χ4v) is 2.93. The highest BCUT2D eigenvalue weighted by molar-refractivity contribution is 7.15. The fourth-order valence-electron chi connectivity index (χ4n) is 1.91. The number of aromatic nitrogens is 1. The van der Waals surface area contributed by atoms with Crippen LogP contribution in [0, 0.1) is 5.82 Å². The number of benzene rings is 1. The second-order valence-electron chi connectivity index (χ2n) is 4.62. The molecule has 1 aromatic carbocycles. The quantitative estimate of drug-likeness (QED) is 0.851. The SMILES string of the molecule is CCNCc1sc(N(C)c2ccc(F)cc2)nc1COC. The van der Waals surface area contributed by atoms with Gasteiger partial charge in [-0.25, -0.2) is 9.37 Å². The van der Waals surface area contributed by atoms with Crippen molar-refractivity contribution < 1.29 is 9.13 Å². The van der Waals surface area contributed by atoms with Crippen LogP contribution in [0.5, 0.6) is 0 Å². The lowest BCUT2D eigenvalue weighted by Gasteiger charge is -2.15. The third kappa shape index (κ3) is 4.00. The van der Waals surface area contributed by atoms with E-state index >= 15 is 0 Å². The number of methoxy groups -OCH3 is 1. The zero-order chi connectivity index (χ0) is 15.2. The van der Waals surface area contributed by atoms with Crippen LogP contribution in [0.2, 0.25) is 0 Å². The lowest BCUT2D eigenvalue weighted by atomic mass is 10.3. The molecule has 2 aromatic rings. The molecule has 0 atom stereocenters. The number of halogens is 1. The molecule has 6 heteroatoms. The summed E-state index contributed by atoms with van der Waals surface area (Å²) in [5.74, 6) is -0.237. The van der Waals surface area contributed by atoms with E-state index in [1.165, 1.54) is 17.0 Å². The third-order valence-corrected chi connectivity index (χ3v) is 4.26. The summed E-state index contributed by atoms with van der Waals surface area (Å²) >= 11 is 1.63. The zero-order valence-corrected chi connectivity index (χ0v) is 13.3. The van der Waals surface area contributed by atoms with Gasteiger partial charge in [0.2, 0.25) is 0 Å². The molecule has 0 bridgehead atoms. The average molecular weight is 309 g/mol. The minimum absolute atomic E-state index is 0.237. The Bertz CT molecular complexity index is 571. The number of anilines is 2. The van der Waals surface area contributed by atoms with Crippen molar-refractivity contribution in [3.8, 4) is 0 Å². The number of ether oxygens (including phenoxy) is 1. The molecule has 0 aliphatic heterocycles. The monoisotopic (exact) mass is 309 g/mol. The van der Waals surface area contributed by atoms with Crippen LogP contribution in [0.1, 0.15) is 17.5 Å². The summed E-state index contributed by atoms with van der Waals surface area (Å²) < 4.78 is 18.2. The van der Waals surface area contributed by atoms with Gasteiger partial charge in [-0.2, -0.15) is 0 Å². The summed E-state index contributed by atoms with van der Waals surface area (Å²) in [6, 6.07) is 6.40. The Hall–Kier alpha value is -1.50. The average Bonchev–Trinajstić information content (AvgIpc) is 2.88. The van der Waals surface area contributed by atoms with E-state index in [1.807, 2.05) is 11.9 Å². The number of nitrogens with one attached hydrogen (secondary N) is 1. The molecule has 0 spiro atoms. The summed E-state index contributed by atoms with van der Waals surface area (Å²) in [4.78, 5) is 7.76. The molecule has 114 valence electrons. The van der Waals surface area contributed by atoms with Gasteiger partial charge >= 0.3 is 0 Å². The Kier molecular flexibility index (Phi) is 5.67. The van der Waals surface area contributed by atoms with Gasteiger partial charge < -0.3 is 15.0 Å². The topological polar surface area (TPSA) is 37.4 Å². The lowest BCUT2D eigenvalue weighted by Crippen LogP contribution is -2.12. The molecule has 4 nitrogen and oxygen atoms in total. The Morgan fingerprint density at radius 1 is 1.33 bits per heavy atom. The van der Waals surface area contributed by atoms with Gasteiger partial charge in [0.1, 0.15) is 5.82 Å². The highest BCUT2D eigenvalue weighted by Gasteiger charge is 2.14. The van der Waals surface area contributed by atoms with Crippen molar-refractivity contribution in [1.29, 1.82) is 0 Å². The van der Waals surface area contributed by atoms with E-state index in [-0.39, 0.29) is 5.82 Å².